The Morgan fingerprint density at radius 1 is 1.44 bits per heavy atom. The van der Waals surface area contributed by atoms with E-state index < -0.39 is 5.97 Å². The molecule has 4 nitrogen and oxygen atoms in total. The maximum absolute atomic E-state index is 11.1. The first-order valence-corrected chi connectivity index (χ1v) is 7.46. The average molecular weight is 266 g/mol. The highest BCUT2D eigenvalue weighted by molar-refractivity contribution is 7.99. The average Bonchev–Trinajstić information content (AvgIpc) is 2.40. The third kappa shape index (κ3) is 3.16. The van der Waals surface area contributed by atoms with Crippen LogP contribution in [-0.4, -0.2) is 33.6 Å². The third-order valence-corrected chi connectivity index (χ3v) is 4.56. The molecule has 0 amide bonds. The minimum absolute atomic E-state index is 0.254. The molecular formula is C13H18N2O2S. The van der Waals surface area contributed by atoms with Crippen molar-refractivity contribution in [3.8, 4) is 0 Å². The van der Waals surface area contributed by atoms with Gasteiger partial charge in [0, 0.05) is 23.7 Å². The van der Waals surface area contributed by atoms with Crippen molar-refractivity contribution in [2.24, 2.45) is 0 Å². The minimum atomic E-state index is -0.927. The highest BCUT2D eigenvalue weighted by Crippen LogP contribution is 2.29. The first-order chi connectivity index (χ1) is 8.70. The summed E-state index contributed by atoms with van der Waals surface area (Å²) in [5.41, 5.74) is 0.939. The maximum atomic E-state index is 11.1. The monoisotopic (exact) mass is 266 g/mol. The van der Waals surface area contributed by atoms with Gasteiger partial charge in [-0.15, -0.1) is 0 Å². The van der Waals surface area contributed by atoms with Gasteiger partial charge in [0.25, 0.3) is 0 Å². The number of carboxylic acid groups (broad SMARTS) is 1. The van der Waals surface area contributed by atoms with Crippen molar-refractivity contribution in [2.45, 2.75) is 37.0 Å². The largest absolute Gasteiger partial charge is 0.478 e. The lowest BCUT2D eigenvalue weighted by Crippen LogP contribution is -2.27. The van der Waals surface area contributed by atoms with Gasteiger partial charge in [0.05, 0.1) is 5.69 Å². The lowest BCUT2D eigenvalue weighted by molar-refractivity contribution is 0.0697. The summed E-state index contributed by atoms with van der Waals surface area (Å²) in [5, 5.41) is 13.2. The number of rotatable bonds is 4. The zero-order valence-corrected chi connectivity index (χ0v) is 11.2. The van der Waals surface area contributed by atoms with Crippen LogP contribution in [0, 0.1) is 0 Å². The molecule has 1 aromatic heterocycles. The maximum Gasteiger partial charge on any atom is 0.339 e. The van der Waals surface area contributed by atoms with Gasteiger partial charge in [-0.2, -0.15) is 11.8 Å². The Morgan fingerprint density at radius 2 is 2.17 bits per heavy atom. The number of nitrogens with one attached hydrogen (secondary N) is 1. The molecule has 0 atom stereocenters. The first-order valence-electron chi connectivity index (χ1n) is 6.17. The highest BCUT2D eigenvalue weighted by Gasteiger charge is 2.21. The zero-order valence-electron chi connectivity index (χ0n) is 10.4. The summed E-state index contributed by atoms with van der Waals surface area (Å²) in [5.74, 6) is -0.927. The van der Waals surface area contributed by atoms with E-state index in [4.69, 9.17) is 5.11 Å². The van der Waals surface area contributed by atoms with Crippen LogP contribution in [0.3, 0.4) is 0 Å². The predicted octanol–water partition coefficient (Wildman–Crippen LogP) is 2.87. The van der Waals surface area contributed by atoms with Crippen LogP contribution >= 0.6 is 11.8 Å². The van der Waals surface area contributed by atoms with E-state index >= 15 is 0 Å². The van der Waals surface area contributed by atoms with Crippen molar-refractivity contribution < 1.29 is 9.90 Å². The Hall–Kier alpha value is -1.23. The molecule has 2 rings (SSSR count). The molecular weight excluding hydrogens is 248 g/mol. The fourth-order valence-corrected chi connectivity index (χ4v) is 3.10. The number of aromatic carboxylic acids is 1. The predicted molar refractivity (Wildman–Crippen MR) is 74.4 cm³/mol. The highest BCUT2D eigenvalue weighted by atomic mass is 32.2. The van der Waals surface area contributed by atoms with Crippen molar-refractivity contribution in [2.75, 3.05) is 11.6 Å². The van der Waals surface area contributed by atoms with Crippen molar-refractivity contribution in [3.05, 3.63) is 24.0 Å². The van der Waals surface area contributed by atoms with E-state index in [0.717, 1.165) is 18.1 Å². The van der Waals surface area contributed by atoms with E-state index in [9.17, 15) is 4.79 Å². The van der Waals surface area contributed by atoms with Gasteiger partial charge in [-0.05, 0) is 38.0 Å². The van der Waals surface area contributed by atoms with E-state index in [1.54, 1.807) is 12.3 Å². The summed E-state index contributed by atoms with van der Waals surface area (Å²) in [6.45, 7) is 0. The van der Waals surface area contributed by atoms with Crippen LogP contribution in [0.1, 0.15) is 36.0 Å². The molecule has 0 aromatic carbocycles. The number of carbonyl (C=O) groups is 1. The molecule has 1 aliphatic rings. The number of carboxylic acids is 1. The second kappa shape index (κ2) is 6.09. The summed E-state index contributed by atoms with van der Waals surface area (Å²) >= 11 is 1.93. The number of hydrogen-bond acceptors (Lipinski definition) is 4. The number of hydrogen-bond donors (Lipinski definition) is 2. The van der Waals surface area contributed by atoms with Crippen LogP contribution in [0.25, 0.3) is 0 Å². The Kier molecular flexibility index (Phi) is 4.47. The summed E-state index contributed by atoms with van der Waals surface area (Å²) in [6, 6.07) is 2.12. The van der Waals surface area contributed by atoms with Crippen LogP contribution in [0.5, 0.6) is 0 Å². The van der Waals surface area contributed by atoms with E-state index in [2.05, 4.69) is 16.6 Å². The van der Waals surface area contributed by atoms with Crippen LogP contribution in [0.15, 0.2) is 18.5 Å². The Morgan fingerprint density at radius 3 is 2.78 bits per heavy atom. The second-order valence-corrected chi connectivity index (χ2v) is 5.72. The molecule has 1 heterocycles. The topological polar surface area (TPSA) is 62.2 Å². The molecule has 0 aliphatic heterocycles. The number of anilines is 1. The van der Waals surface area contributed by atoms with E-state index in [1.165, 1.54) is 19.0 Å². The van der Waals surface area contributed by atoms with Crippen molar-refractivity contribution in [1.29, 1.82) is 0 Å². The van der Waals surface area contributed by atoms with Crippen molar-refractivity contribution in [1.82, 2.24) is 4.98 Å². The van der Waals surface area contributed by atoms with Gasteiger partial charge >= 0.3 is 5.97 Å². The third-order valence-electron chi connectivity index (χ3n) is 3.42. The molecule has 98 valence electrons. The number of aromatic nitrogens is 1. The van der Waals surface area contributed by atoms with Crippen molar-refractivity contribution in [3.63, 3.8) is 0 Å². The molecule has 18 heavy (non-hydrogen) atoms. The normalized spacial score (nSPS) is 23.6. The van der Waals surface area contributed by atoms with E-state index in [-0.39, 0.29) is 5.56 Å². The summed E-state index contributed by atoms with van der Waals surface area (Å²) in [6.07, 6.45) is 9.79. The van der Waals surface area contributed by atoms with Crippen LogP contribution in [-0.2, 0) is 0 Å². The van der Waals surface area contributed by atoms with E-state index in [0.29, 0.717) is 11.7 Å². The molecule has 5 heteroatoms. The fraction of sp³-hybridized carbons (Fsp3) is 0.538. The van der Waals surface area contributed by atoms with Crippen LogP contribution in [0.2, 0.25) is 0 Å². The molecule has 1 aliphatic carbocycles. The molecule has 0 spiro atoms. The molecule has 0 unspecified atom stereocenters. The van der Waals surface area contributed by atoms with Crippen LogP contribution < -0.4 is 5.32 Å². The molecule has 0 saturated heterocycles. The van der Waals surface area contributed by atoms with Crippen molar-refractivity contribution >= 4 is 23.4 Å². The summed E-state index contributed by atoms with van der Waals surface area (Å²) in [7, 11) is 0. The standard InChI is InChI=1S/C13H18N2O2S/c1-18-10-4-2-9(3-5-10)15-12-6-7-14-8-11(12)13(16)17/h6-10H,2-5H2,1H3,(H,14,15)(H,16,17). The lowest BCUT2D eigenvalue weighted by atomic mass is 9.94. The van der Waals surface area contributed by atoms with Gasteiger partial charge in [-0.3, -0.25) is 4.98 Å². The summed E-state index contributed by atoms with van der Waals surface area (Å²) < 4.78 is 0. The smallest absolute Gasteiger partial charge is 0.339 e. The summed E-state index contributed by atoms with van der Waals surface area (Å²) in [4.78, 5) is 14.9. The number of nitrogens with zero attached hydrogens (tertiary/aromatic N) is 1. The van der Waals surface area contributed by atoms with Gasteiger partial charge in [0.2, 0.25) is 0 Å². The molecule has 2 N–H and O–H groups in total. The van der Waals surface area contributed by atoms with Gasteiger partial charge in [0.1, 0.15) is 5.56 Å². The number of pyridine rings is 1. The molecule has 1 aromatic rings. The van der Waals surface area contributed by atoms with Gasteiger partial charge < -0.3 is 10.4 Å². The molecule has 1 fully saturated rings. The second-order valence-electron chi connectivity index (χ2n) is 4.58. The molecule has 1 saturated carbocycles. The minimum Gasteiger partial charge on any atom is -0.478 e. The quantitative estimate of drug-likeness (QED) is 0.877. The van der Waals surface area contributed by atoms with E-state index in [1.807, 2.05) is 11.8 Å². The van der Waals surface area contributed by atoms with Gasteiger partial charge in [-0.25, -0.2) is 4.79 Å². The number of thioether (sulfide) groups is 1. The van der Waals surface area contributed by atoms with Crippen LogP contribution in [0.4, 0.5) is 5.69 Å². The zero-order chi connectivity index (χ0) is 13.0. The van der Waals surface area contributed by atoms with Gasteiger partial charge in [-0.1, -0.05) is 0 Å². The fourth-order valence-electron chi connectivity index (χ4n) is 2.35. The Bertz CT molecular complexity index is 417. The Labute approximate surface area is 111 Å². The SMILES string of the molecule is CSC1CCC(Nc2ccncc2C(=O)O)CC1. The Balaban J connectivity index is 2.00. The lowest BCUT2D eigenvalue weighted by Gasteiger charge is -2.29. The molecule has 0 bridgehead atoms. The first kappa shape index (κ1) is 13.2. The van der Waals surface area contributed by atoms with Gasteiger partial charge in [0.15, 0.2) is 0 Å². The molecule has 0 radical (unpaired) electrons.